The van der Waals surface area contributed by atoms with Crippen LogP contribution in [-0.4, -0.2) is 56.4 Å². The summed E-state index contributed by atoms with van der Waals surface area (Å²) < 4.78 is 27.0. The van der Waals surface area contributed by atoms with Crippen molar-refractivity contribution in [1.82, 2.24) is 8.61 Å². The Morgan fingerprint density at radius 2 is 2.04 bits per heavy atom. The van der Waals surface area contributed by atoms with E-state index >= 15 is 0 Å². The molecule has 0 radical (unpaired) electrons. The Hall–Kier alpha value is -1.09. The molecule has 6 nitrogen and oxygen atoms in total. The Bertz CT molecular complexity index is 662. The summed E-state index contributed by atoms with van der Waals surface area (Å²) in [4.78, 5) is 13.5. The molecule has 0 aliphatic carbocycles. The van der Waals surface area contributed by atoms with Crippen molar-refractivity contribution in [2.45, 2.75) is 17.7 Å². The average Bonchev–Trinajstić information content (AvgIpc) is 2.55. The second-order valence-electron chi connectivity index (χ2n) is 5.68. The van der Waals surface area contributed by atoms with Crippen LogP contribution in [0.25, 0.3) is 0 Å². The van der Waals surface area contributed by atoms with Crippen LogP contribution in [0.2, 0.25) is 0 Å². The van der Waals surface area contributed by atoms with Crippen molar-refractivity contribution < 1.29 is 13.2 Å². The normalized spacial score (nSPS) is 19.7. The number of hydrogen-bond acceptors (Lipinski definition) is 4. The van der Waals surface area contributed by atoms with Gasteiger partial charge in [0.05, 0.1) is 11.6 Å². The molecule has 0 unspecified atom stereocenters. The maximum atomic E-state index is 12.5. The molecular weight excluding hydrogens is 334 g/mol. The molecule has 1 amide bonds. The summed E-state index contributed by atoms with van der Waals surface area (Å²) in [5.41, 5.74) is 0.776. The van der Waals surface area contributed by atoms with Crippen molar-refractivity contribution in [2.24, 2.45) is 5.92 Å². The summed E-state index contributed by atoms with van der Waals surface area (Å²) in [5, 5.41) is 2.94. The predicted molar refractivity (Wildman–Crippen MR) is 93.8 cm³/mol. The first-order valence-electron chi connectivity index (χ1n) is 7.47. The van der Waals surface area contributed by atoms with Crippen molar-refractivity contribution in [3.8, 4) is 0 Å². The summed E-state index contributed by atoms with van der Waals surface area (Å²) >= 11 is 1.57. The van der Waals surface area contributed by atoms with E-state index in [1.807, 2.05) is 30.5 Å². The van der Waals surface area contributed by atoms with E-state index in [-0.39, 0.29) is 18.4 Å². The van der Waals surface area contributed by atoms with Gasteiger partial charge in [0.1, 0.15) is 0 Å². The number of thioether (sulfide) groups is 1. The lowest BCUT2D eigenvalue weighted by molar-refractivity contribution is -0.120. The molecule has 1 aliphatic rings. The van der Waals surface area contributed by atoms with Crippen LogP contribution in [0.4, 0.5) is 5.69 Å². The standard InChI is InChI=1S/C15H23N3O3S2/c1-17(2)23(20,21)18-10-6-7-12(11-18)15(19)16-13-8-4-5-9-14(13)22-3/h4-5,8-9,12H,6-7,10-11H2,1-3H3,(H,16,19)/t12-/m0/s1. The van der Waals surface area contributed by atoms with Gasteiger partial charge in [-0.25, -0.2) is 0 Å². The van der Waals surface area contributed by atoms with E-state index in [9.17, 15) is 13.2 Å². The number of nitrogens with zero attached hydrogens (tertiary/aromatic N) is 2. The molecule has 1 atom stereocenters. The van der Waals surface area contributed by atoms with Gasteiger partial charge in [-0.2, -0.15) is 17.0 Å². The average molecular weight is 358 g/mol. The van der Waals surface area contributed by atoms with Crippen LogP contribution >= 0.6 is 11.8 Å². The Morgan fingerprint density at radius 1 is 1.35 bits per heavy atom. The van der Waals surface area contributed by atoms with Crippen LogP contribution in [-0.2, 0) is 15.0 Å². The van der Waals surface area contributed by atoms with E-state index in [0.29, 0.717) is 19.4 Å². The largest absolute Gasteiger partial charge is 0.325 e. The van der Waals surface area contributed by atoms with Crippen LogP contribution in [0.5, 0.6) is 0 Å². The van der Waals surface area contributed by atoms with Crippen LogP contribution in [0.1, 0.15) is 12.8 Å². The van der Waals surface area contributed by atoms with Gasteiger partial charge in [0.25, 0.3) is 10.2 Å². The SMILES string of the molecule is CSc1ccccc1NC(=O)[C@H]1CCCN(S(=O)(=O)N(C)C)C1. The molecular formula is C15H23N3O3S2. The minimum Gasteiger partial charge on any atom is -0.325 e. The maximum Gasteiger partial charge on any atom is 0.281 e. The molecule has 1 aliphatic heterocycles. The number of carbonyl (C=O) groups excluding carboxylic acids is 1. The van der Waals surface area contributed by atoms with Gasteiger partial charge < -0.3 is 5.32 Å². The van der Waals surface area contributed by atoms with E-state index < -0.39 is 10.2 Å². The fourth-order valence-electron chi connectivity index (χ4n) is 2.58. The molecule has 8 heteroatoms. The Labute approximate surface area is 142 Å². The third-order valence-corrected chi connectivity index (χ3v) is 6.61. The second kappa shape index (κ2) is 7.65. The van der Waals surface area contributed by atoms with Gasteiger partial charge in [-0.05, 0) is 31.2 Å². The summed E-state index contributed by atoms with van der Waals surface area (Å²) in [6, 6.07) is 7.61. The molecule has 1 saturated heterocycles. The number of hydrogen-bond donors (Lipinski definition) is 1. The van der Waals surface area contributed by atoms with Crippen LogP contribution in [0.3, 0.4) is 0 Å². The maximum absolute atomic E-state index is 12.5. The van der Waals surface area contributed by atoms with Crippen molar-refractivity contribution in [3.05, 3.63) is 24.3 Å². The summed E-state index contributed by atoms with van der Waals surface area (Å²) in [6.45, 7) is 0.694. The highest BCUT2D eigenvalue weighted by molar-refractivity contribution is 7.98. The van der Waals surface area contributed by atoms with Gasteiger partial charge in [-0.3, -0.25) is 4.79 Å². The first-order valence-corrected chi connectivity index (χ1v) is 10.1. The molecule has 2 rings (SSSR count). The van der Waals surface area contributed by atoms with Gasteiger partial charge >= 0.3 is 0 Å². The number of amides is 1. The third kappa shape index (κ3) is 4.26. The van der Waals surface area contributed by atoms with Crippen LogP contribution in [0.15, 0.2) is 29.2 Å². The highest BCUT2D eigenvalue weighted by Crippen LogP contribution is 2.27. The van der Waals surface area contributed by atoms with E-state index in [4.69, 9.17) is 0 Å². The fraction of sp³-hybridized carbons (Fsp3) is 0.533. The summed E-state index contributed by atoms with van der Waals surface area (Å²) in [5.74, 6) is -0.446. The zero-order chi connectivity index (χ0) is 17.0. The topological polar surface area (TPSA) is 69.7 Å². The molecule has 1 aromatic rings. The summed E-state index contributed by atoms with van der Waals surface area (Å²) in [7, 11) is -0.454. The van der Waals surface area contributed by atoms with Crippen molar-refractivity contribution in [2.75, 3.05) is 38.8 Å². The van der Waals surface area contributed by atoms with Gasteiger partial charge in [0, 0.05) is 32.1 Å². The van der Waals surface area contributed by atoms with Crippen molar-refractivity contribution in [3.63, 3.8) is 0 Å². The smallest absolute Gasteiger partial charge is 0.281 e. The first-order chi connectivity index (χ1) is 10.9. The number of piperidine rings is 1. The fourth-order valence-corrected chi connectivity index (χ4v) is 4.32. The van der Waals surface area contributed by atoms with Crippen molar-refractivity contribution in [1.29, 1.82) is 0 Å². The first kappa shape index (κ1) is 18.3. The third-order valence-electron chi connectivity index (χ3n) is 3.91. The number of para-hydroxylation sites is 1. The number of rotatable bonds is 5. The molecule has 23 heavy (non-hydrogen) atoms. The Morgan fingerprint density at radius 3 is 2.70 bits per heavy atom. The lowest BCUT2D eigenvalue weighted by Gasteiger charge is -2.32. The molecule has 1 N–H and O–H groups in total. The predicted octanol–water partition coefficient (Wildman–Crippen LogP) is 1.87. The zero-order valence-electron chi connectivity index (χ0n) is 13.7. The monoisotopic (exact) mass is 357 g/mol. The molecule has 1 fully saturated rings. The molecule has 1 heterocycles. The zero-order valence-corrected chi connectivity index (χ0v) is 15.3. The highest BCUT2D eigenvalue weighted by atomic mass is 32.2. The molecule has 128 valence electrons. The van der Waals surface area contributed by atoms with Gasteiger partial charge in [-0.1, -0.05) is 12.1 Å². The minimum absolute atomic E-state index is 0.120. The highest BCUT2D eigenvalue weighted by Gasteiger charge is 2.33. The molecule has 0 spiro atoms. The minimum atomic E-state index is -3.47. The Balaban J connectivity index is 2.08. The molecule has 1 aromatic carbocycles. The van der Waals surface area contributed by atoms with E-state index in [0.717, 1.165) is 10.6 Å². The number of benzene rings is 1. The van der Waals surface area contributed by atoms with Crippen LogP contribution in [0, 0.1) is 5.92 Å². The summed E-state index contributed by atoms with van der Waals surface area (Å²) in [6.07, 6.45) is 3.35. The van der Waals surface area contributed by atoms with E-state index in [1.165, 1.54) is 22.7 Å². The van der Waals surface area contributed by atoms with Gasteiger partial charge in [0.15, 0.2) is 0 Å². The second-order valence-corrected chi connectivity index (χ2v) is 8.67. The molecule has 0 saturated carbocycles. The molecule has 0 bridgehead atoms. The van der Waals surface area contributed by atoms with E-state index in [2.05, 4.69) is 5.32 Å². The van der Waals surface area contributed by atoms with Gasteiger partial charge in [0.2, 0.25) is 5.91 Å². The lowest BCUT2D eigenvalue weighted by atomic mass is 9.99. The van der Waals surface area contributed by atoms with Gasteiger partial charge in [-0.15, -0.1) is 11.8 Å². The number of carbonyl (C=O) groups is 1. The number of anilines is 1. The van der Waals surface area contributed by atoms with E-state index in [1.54, 1.807) is 11.8 Å². The molecule has 0 aromatic heterocycles. The number of nitrogens with one attached hydrogen (secondary N) is 1. The van der Waals surface area contributed by atoms with Crippen molar-refractivity contribution >= 4 is 33.6 Å². The lowest BCUT2D eigenvalue weighted by Crippen LogP contribution is -2.47. The Kier molecular flexibility index (Phi) is 6.07. The van der Waals surface area contributed by atoms with Crippen LogP contribution < -0.4 is 5.32 Å². The quantitative estimate of drug-likeness (QED) is 0.817.